The highest BCUT2D eigenvalue weighted by atomic mass is 15.1. The Kier molecular flexibility index (Phi) is 6.36. The van der Waals surface area contributed by atoms with Crippen molar-refractivity contribution in [1.29, 1.82) is 0 Å². The monoisotopic (exact) mass is 773 g/mol. The van der Waals surface area contributed by atoms with Gasteiger partial charge in [0.05, 0.1) is 16.5 Å². The number of aryl methyl sites for hydroxylation is 2. The van der Waals surface area contributed by atoms with Crippen LogP contribution in [0.4, 0.5) is 17.1 Å². The summed E-state index contributed by atoms with van der Waals surface area (Å²) in [5.41, 5.74) is 16.3. The summed E-state index contributed by atoms with van der Waals surface area (Å²) in [6, 6.07) is 76.5. The number of anilines is 3. The Balaban J connectivity index is 1.11. The Labute approximate surface area is 354 Å². The normalized spacial score (nSPS) is 17.8. The highest BCUT2D eigenvalue weighted by Gasteiger charge is 2.70. The maximum Gasteiger partial charge on any atom is 0.0648 e. The Morgan fingerprint density at radius 2 is 0.689 bits per heavy atom. The predicted molar refractivity (Wildman–Crippen MR) is 256 cm³/mol. The molecule has 61 heavy (non-hydrogen) atoms. The van der Waals surface area contributed by atoms with Crippen molar-refractivity contribution in [3.05, 3.63) is 245 Å². The molecule has 0 saturated carbocycles. The Morgan fingerprint density at radius 3 is 1.15 bits per heavy atom. The molecule has 0 radical (unpaired) electrons. The summed E-state index contributed by atoms with van der Waals surface area (Å²) < 4.78 is 0. The summed E-state index contributed by atoms with van der Waals surface area (Å²) in [6.07, 6.45) is 0. The molecule has 0 atom stereocenters. The van der Waals surface area contributed by atoms with Crippen LogP contribution in [-0.2, 0) is 10.8 Å². The van der Waals surface area contributed by atoms with Crippen LogP contribution in [0, 0.1) is 13.8 Å². The smallest absolute Gasteiger partial charge is 0.0648 e. The molecule has 11 aromatic rings. The Bertz CT molecular complexity index is 3440. The van der Waals surface area contributed by atoms with Crippen molar-refractivity contribution >= 4 is 70.9 Å². The van der Waals surface area contributed by atoms with E-state index in [-0.39, 0.29) is 0 Å². The van der Waals surface area contributed by atoms with E-state index < -0.39 is 10.8 Å². The zero-order valence-corrected chi connectivity index (χ0v) is 34.0. The number of hydrogen-bond acceptors (Lipinski definition) is 1. The van der Waals surface area contributed by atoms with Gasteiger partial charge >= 0.3 is 0 Å². The van der Waals surface area contributed by atoms with Crippen molar-refractivity contribution in [3.8, 4) is 11.1 Å². The number of fused-ring (bicyclic) bond motifs is 2. The molecular formula is C60H39N. The largest absolute Gasteiger partial charge is 0.309 e. The molecule has 1 nitrogen and oxygen atoms in total. The molecular weight excluding hydrogens is 735 g/mol. The van der Waals surface area contributed by atoms with Crippen LogP contribution < -0.4 is 4.90 Å². The molecule has 0 aromatic heterocycles. The SMILES string of the molecule is Cc1ccc(N(c2ccc(C)cc2)c2c3ccccc3c(-c3ccc4c5c(cccc35)C35c6cccc7cccc(c67)C43c3cccc4cccc5c34)c3ccccc23)cc1. The maximum atomic E-state index is 2.53. The van der Waals surface area contributed by atoms with Crippen molar-refractivity contribution < 1.29 is 0 Å². The Hall–Kier alpha value is -7.48. The minimum absolute atomic E-state index is 0.392. The molecule has 0 bridgehead atoms. The zero-order valence-electron chi connectivity index (χ0n) is 34.0. The molecule has 284 valence electrons. The standard InChI is InChI=1S/C60H39N/c1-36-26-30-40(31-27-36)61(41-32-28-37(2)29-33-41)58-46-18-5-3-16-43(46)56(44-17-4-6-19-47(44)58)45-34-35-53-57-42(45)20-11-25-52(57)59-48-21-7-12-38-14-9-23-50(54(38)48)60(53,59)51-24-10-15-39-13-8-22-49(59)55(39)51/h3-35H,1-2H3. The number of benzene rings is 11. The molecule has 0 aliphatic heterocycles. The van der Waals surface area contributed by atoms with Gasteiger partial charge in [0, 0.05) is 22.1 Å². The summed E-state index contributed by atoms with van der Waals surface area (Å²) >= 11 is 0. The molecule has 0 saturated heterocycles. The second-order valence-corrected chi connectivity index (χ2v) is 17.6. The molecule has 0 N–H and O–H groups in total. The van der Waals surface area contributed by atoms with E-state index in [9.17, 15) is 0 Å². The van der Waals surface area contributed by atoms with Crippen molar-refractivity contribution in [2.75, 3.05) is 4.90 Å². The molecule has 0 unspecified atom stereocenters. The van der Waals surface area contributed by atoms with E-state index in [2.05, 4.69) is 219 Å². The topological polar surface area (TPSA) is 3.24 Å². The highest BCUT2D eigenvalue weighted by Crippen LogP contribution is 2.75. The van der Waals surface area contributed by atoms with Gasteiger partial charge in [-0.2, -0.15) is 0 Å². The van der Waals surface area contributed by atoms with Gasteiger partial charge in [0.1, 0.15) is 0 Å². The summed E-state index contributed by atoms with van der Waals surface area (Å²) in [6.45, 7) is 4.32. The average Bonchev–Trinajstić information content (AvgIpc) is 3.84. The number of rotatable bonds is 4. The Morgan fingerprint density at radius 1 is 0.311 bits per heavy atom. The zero-order chi connectivity index (χ0) is 40.2. The first-order valence-corrected chi connectivity index (χ1v) is 21.6. The van der Waals surface area contributed by atoms with Crippen LogP contribution in [0.2, 0.25) is 0 Å². The van der Waals surface area contributed by atoms with Crippen LogP contribution in [0.5, 0.6) is 0 Å². The van der Waals surface area contributed by atoms with Crippen LogP contribution in [0.3, 0.4) is 0 Å². The molecule has 1 heteroatoms. The van der Waals surface area contributed by atoms with E-state index >= 15 is 0 Å². The van der Waals surface area contributed by atoms with Gasteiger partial charge in [-0.3, -0.25) is 0 Å². The van der Waals surface area contributed by atoms with Crippen LogP contribution in [0.25, 0.3) is 65.0 Å². The van der Waals surface area contributed by atoms with E-state index in [0.29, 0.717) is 0 Å². The van der Waals surface area contributed by atoms with Gasteiger partial charge in [-0.05, 0) is 126 Å². The predicted octanol–water partition coefficient (Wildman–Crippen LogP) is 15.5. The number of nitrogens with zero attached hydrogens (tertiary/aromatic N) is 1. The van der Waals surface area contributed by atoms with Crippen LogP contribution in [-0.4, -0.2) is 0 Å². The molecule has 3 aliphatic rings. The van der Waals surface area contributed by atoms with Gasteiger partial charge in [0.25, 0.3) is 0 Å². The van der Waals surface area contributed by atoms with Crippen molar-refractivity contribution in [2.45, 2.75) is 24.7 Å². The van der Waals surface area contributed by atoms with Gasteiger partial charge in [0.15, 0.2) is 0 Å². The van der Waals surface area contributed by atoms with Crippen molar-refractivity contribution in [1.82, 2.24) is 0 Å². The molecule has 3 aliphatic carbocycles. The van der Waals surface area contributed by atoms with Gasteiger partial charge in [-0.25, -0.2) is 0 Å². The fraction of sp³-hybridized carbons (Fsp3) is 0.0667. The quantitative estimate of drug-likeness (QED) is 0.161. The van der Waals surface area contributed by atoms with E-state index in [4.69, 9.17) is 0 Å². The molecule has 0 fully saturated rings. The van der Waals surface area contributed by atoms with E-state index in [0.717, 1.165) is 11.4 Å². The average molecular weight is 774 g/mol. The molecule has 11 aromatic carbocycles. The third-order valence-electron chi connectivity index (χ3n) is 14.8. The lowest BCUT2D eigenvalue weighted by Crippen LogP contribution is -2.42. The van der Waals surface area contributed by atoms with Crippen LogP contribution >= 0.6 is 0 Å². The first kappa shape index (κ1) is 33.4. The summed E-state index contributed by atoms with van der Waals surface area (Å²) in [5, 5.41) is 13.2. The minimum atomic E-state index is -0.392. The van der Waals surface area contributed by atoms with Gasteiger partial charge in [-0.1, -0.05) is 187 Å². The first-order chi connectivity index (χ1) is 30.1. The van der Waals surface area contributed by atoms with Gasteiger partial charge in [0.2, 0.25) is 0 Å². The van der Waals surface area contributed by atoms with Gasteiger partial charge in [-0.15, -0.1) is 0 Å². The van der Waals surface area contributed by atoms with E-state index in [1.54, 1.807) is 0 Å². The van der Waals surface area contributed by atoms with Crippen LogP contribution in [0.15, 0.2) is 200 Å². The van der Waals surface area contributed by atoms with Gasteiger partial charge < -0.3 is 4.90 Å². The third kappa shape index (κ3) is 3.85. The molecule has 0 heterocycles. The first-order valence-electron chi connectivity index (χ1n) is 21.6. The van der Waals surface area contributed by atoms with Crippen molar-refractivity contribution in [3.63, 3.8) is 0 Å². The highest BCUT2D eigenvalue weighted by molar-refractivity contribution is 6.25. The van der Waals surface area contributed by atoms with Crippen LogP contribution in [0.1, 0.15) is 44.5 Å². The molecule has 14 rings (SSSR count). The lowest BCUT2D eigenvalue weighted by Gasteiger charge is -2.40. The fourth-order valence-corrected chi connectivity index (χ4v) is 12.7. The van der Waals surface area contributed by atoms with E-state index in [1.165, 1.54) is 115 Å². The minimum Gasteiger partial charge on any atom is -0.309 e. The lowest BCUT2D eigenvalue weighted by molar-refractivity contribution is 0.492. The summed E-state index contributed by atoms with van der Waals surface area (Å²) in [4.78, 5) is 2.47. The fourth-order valence-electron chi connectivity index (χ4n) is 12.7. The third-order valence-corrected chi connectivity index (χ3v) is 14.8. The molecule has 0 amide bonds. The molecule has 0 spiro atoms. The van der Waals surface area contributed by atoms with Crippen molar-refractivity contribution in [2.24, 2.45) is 0 Å². The summed E-state index contributed by atoms with van der Waals surface area (Å²) in [7, 11) is 0. The second kappa shape index (κ2) is 11.6. The lowest BCUT2D eigenvalue weighted by atomic mass is 9.59. The van der Waals surface area contributed by atoms with E-state index in [1.807, 2.05) is 0 Å². The maximum absolute atomic E-state index is 2.53. The summed E-state index contributed by atoms with van der Waals surface area (Å²) in [5.74, 6) is 0. The number of hydrogen-bond donors (Lipinski definition) is 0. The second-order valence-electron chi connectivity index (χ2n) is 17.6.